The largest absolute Gasteiger partial charge is 0.456 e. The standard InChI is InChI=1S/C12H10F8O6S/c13-10(14,12(18,19)20)9(11(15,16)17,27(23,24)25)8(22)26-7-5-2-1-4(3-5)6(7)21/h4-5,7H,1-3H2,(H,23,24,25). The van der Waals surface area contributed by atoms with Crippen molar-refractivity contribution in [2.45, 2.75) is 48.4 Å². The van der Waals surface area contributed by atoms with Crippen molar-refractivity contribution in [3.8, 4) is 0 Å². The van der Waals surface area contributed by atoms with E-state index in [9.17, 15) is 53.1 Å². The molecule has 2 aliphatic rings. The van der Waals surface area contributed by atoms with Gasteiger partial charge in [0.1, 0.15) is 0 Å². The SMILES string of the molecule is O=C1C2CCC(C2)C1OC(=O)C(C(F)(F)F)(C(F)(F)C(F)(F)F)S(=O)(=O)O. The van der Waals surface area contributed by atoms with Gasteiger partial charge in [-0.1, -0.05) is 0 Å². The quantitative estimate of drug-likeness (QED) is 0.414. The minimum Gasteiger partial charge on any atom is -0.452 e. The van der Waals surface area contributed by atoms with E-state index >= 15 is 0 Å². The van der Waals surface area contributed by atoms with Gasteiger partial charge in [0.2, 0.25) is 0 Å². The van der Waals surface area contributed by atoms with E-state index in [0.717, 1.165) is 0 Å². The van der Waals surface area contributed by atoms with Gasteiger partial charge in [-0.25, -0.2) is 4.79 Å². The lowest BCUT2D eigenvalue weighted by molar-refractivity contribution is -0.331. The molecule has 4 atom stereocenters. The first-order valence-electron chi connectivity index (χ1n) is 7.12. The number of hydrogen-bond acceptors (Lipinski definition) is 5. The van der Waals surface area contributed by atoms with Crippen molar-refractivity contribution in [1.82, 2.24) is 0 Å². The Morgan fingerprint density at radius 2 is 1.52 bits per heavy atom. The Morgan fingerprint density at radius 1 is 1.00 bits per heavy atom. The summed E-state index contributed by atoms with van der Waals surface area (Å²) in [4.78, 5) is 23.6. The van der Waals surface area contributed by atoms with Gasteiger partial charge in [0, 0.05) is 11.8 Å². The normalized spacial score (nSPS) is 28.9. The summed E-state index contributed by atoms with van der Waals surface area (Å²) in [6.45, 7) is 0. The van der Waals surface area contributed by atoms with E-state index in [2.05, 4.69) is 4.74 Å². The zero-order valence-electron chi connectivity index (χ0n) is 12.8. The highest BCUT2D eigenvalue weighted by Crippen LogP contribution is 2.55. The minimum atomic E-state index is -7.48. The maximum Gasteiger partial charge on any atom is 0.456 e. The summed E-state index contributed by atoms with van der Waals surface area (Å²) in [6, 6.07) is 0. The highest BCUT2D eigenvalue weighted by Gasteiger charge is 2.90. The van der Waals surface area contributed by atoms with E-state index in [-0.39, 0.29) is 19.3 Å². The smallest absolute Gasteiger partial charge is 0.452 e. The number of rotatable bonds is 4. The number of ether oxygens (including phenoxy) is 1. The van der Waals surface area contributed by atoms with Crippen LogP contribution in [0.15, 0.2) is 0 Å². The summed E-state index contributed by atoms with van der Waals surface area (Å²) in [5.41, 5.74) is 0. The maximum absolute atomic E-state index is 13.7. The molecule has 0 aromatic carbocycles. The maximum atomic E-state index is 13.7. The van der Waals surface area contributed by atoms with E-state index in [4.69, 9.17) is 4.55 Å². The van der Waals surface area contributed by atoms with E-state index in [1.807, 2.05) is 0 Å². The van der Waals surface area contributed by atoms with Gasteiger partial charge in [0.25, 0.3) is 10.1 Å². The fourth-order valence-electron chi connectivity index (χ4n) is 3.40. The number of Topliss-reactive ketones (excluding diaryl/α,β-unsaturated/α-hetero) is 1. The van der Waals surface area contributed by atoms with Gasteiger partial charge in [0.15, 0.2) is 11.9 Å². The van der Waals surface area contributed by atoms with Crippen LogP contribution in [0.5, 0.6) is 0 Å². The van der Waals surface area contributed by atoms with Gasteiger partial charge < -0.3 is 4.74 Å². The zero-order valence-corrected chi connectivity index (χ0v) is 13.6. The van der Waals surface area contributed by atoms with Crippen LogP contribution in [-0.2, 0) is 24.4 Å². The van der Waals surface area contributed by atoms with Crippen LogP contribution < -0.4 is 0 Å². The topological polar surface area (TPSA) is 97.7 Å². The third-order valence-electron chi connectivity index (χ3n) is 4.69. The average Bonchev–Trinajstić information content (AvgIpc) is 2.97. The van der Waals surface area contributed by atoms with E-state index < -0.39 is 62.8 Å². The Hall–Kier alpha value is -1.51. The third kappa shape index (κ3) is 2.89. The summed E-state index contributed by atoms with van der Waals surface area (Å²) in [6.07, 6.45) is -16.1. The van der Waals surface area contributed by atoms with Crippen molar-refractivity contribution >= 4 is 21.9 Å². The Bertz CT molecular complexity index is 757. The van der Waals surface area contributed by atoms with E-state index in [0.29, 0.717) is 0 Å². The van der Waals surface area contributed by atoms with E-state index in [1.165, 1.54) is 0 Å². The molecular formula is C12H10F8O6S. The Morgan fingerprint density at radius 3 is 1.85 bits per heavy atom. The van der Waals surface area contributed by atoms with Crippen LogP contribution in [0, 0.1) is 11.8 Å². The molecule has 2 aliphatic carbocycles. The second-order valence-electron chi connectivity index (χ2n) is 6.22. The van der Waals surface area contributed by atoms with Gasteiger partial charge in [0.05, 0.1) is 0 Å². The molecule has 0 aromatic rings. The van der Waals surface area contributed by atoms with Gasteiger partial charge >= 0.3 is 29.0 Å². The lowest BCUT2D eigenvalue weighted by Crippen LogP contribution is -2.73. The molecule has 0 amide bonds. The number of fused-ring (bicyclic) bond motifs is 2. The lowest BCUT2D eigenvalue weighted by atomic mass is 9.95. The molecule has 0 aliphatic heterocycles. The second-order valence-corrected chi connectivity index (χ2v) is 7.79. The highest BCUT2D eigenvalue weighted by molar-refractivity contribution is 7.88. The summed E-state index contributed by atoms with van der Waals surface area (Å²) in [5.74, 6) is -13.7. The van der Waals surface area contributed by atoms with Gasteiger partial charge in [-0.05, 0) is 19.3 Å². The first kappa shape index (κ1) is 21.8. The molecule has 2 fully saturated rings. The molecule has 156 valence electrons. The zero-order chi connectivity index (χ0) is 21.2. The summed E-state index contributed by atoms with van der Waals surface area (Å²) in [7, 11) is -7.48. The van der Waals surface area contributed by atoms with Crippen LogP contribution in [-0.4, -0.2) is 53.8 Å². The molecule has 4 unspecified atom stereocenters. The number of carbonyl (C=O) groups is 2. The molecule has 27 heavy (non-hydrogen) atoms. The predicted octanol–water partition coefficient (Wildman–Crippen LogP) is 2.28. The lowest BCUT2D eigenvalue weighted by Gasteiger charge is -2.38. The summed E-state index contributed by atoms with van der Waals surface area (Å²) in [5, 5.41) is 0. The first-order chi connectivity index (χ1) is 11.9. The van der Waals surface area contributed by atoms with Crippen LogP contribution in [0.2, 0.25) is 0 Å². The predicted molar refractivity (Wildman–Crippen MR) is 67.1 cm³/mol. The number of halogens is 8. The van der Waals surface area contributed by atoms with Crippen LogP contribution >= 0.6 is 0 Å². The molecule has 0 radical (unpaired) electrons. The molecule has 0 aromatic heterocycles. The van der Waals surface area contributed by atoms with E-state index in [1.54, 1.807) is 0 Å². The summed E-state index contributed by atoms with van der Waals surface area (Å²) < 4.78 is 133. The molecular weight excluding hydrogens is 424 g/mol. The van der Waals surface area contributed by atoms with Crippen molar-refractivity contribution in [3.05, 3.63) is 0 Å². The Balaban J connectivity index is 2.63. The van der Waals surface area contributed by atoms with Crippen molar-refractivity contribution in [1.29, 1.82) is 0 Å². The molecule has 2 bridgehead atoms. The van der Waals surface area contributed by atoms with Gasteiger partial charge in [-0.3, -0.25) is 9.35 Å². The van der Waals surface area contributed by atoms with Crippen LogP contribution in [0.3, 0.4) is 0 Å². The van der Waals surface area contributed by atoms with Crippen molar-refractivity contribution in [2.75, 3.05) is 0 Å². The Labute approximate surface area is 145 Å². The van der Waals surface area contributed by atoms with Gasteiger partial charge in [-0.15, -0.1) is 0 Å². The molecule has 6 nitrogen and oxygen atoms in total. The van der Waals surface area contributed by atoms with Crippen molar-refractivity contribution < 1.29 is 62.4 Å². The fraction of sp³-hybridized carbons (Fsp3) is 0.833. The van der Waals surface area contributed by atoms with Crippen molar-refractivity contribution in [2.24, 2.45) is 11.8 Å². The van der Waals surface area contributed by atoms with Gasteiger partial charge in [-0.2, -0.15) is 43.5 Å². The number of carbonyl (C=O) groups excluding carboxylic acids is 2. The minimum absolute atomic E-state index is 0.00264. The fourth-order valence-corrected chi connectivity index (χ4v) is 4.39. The number of hydrogen-bond donors (Lipinski definition) is 1. The molecule has 15 heteroatoms. The molecule has 1 N–H and O–H groups in total. The monoisotopic (exact) mass is 434 g/mol. The molecule has 0 saturated heterocycles. The average molecular weight is 434 g/mol. The van der Waals surface area contributed by atoms with Crippen molar-refractivity contribution in [3.63, 3.8) is 0 Å². The number of ketones is 1. The molecule has 0 heterocycles. The van der Waals surface area contributed by atoms with Crippen LogP contribution in [0.4, 0.5) is 35.1 Å². The highest BCUT2D eigenvalue weighted by atomic mass is 32.2. The first-order valence-corrected chi connectivity index (χ1v) is 8.56. The molecule has 0 spiro atoms. The van der Waals surface area contributed by atoms with Crippen LogP contribution in [0.25, 0.3) is 0 Å². The van der Waals surface area contributed by atoms with Crippen LogP contribution in [0.1, 0.15) is 19.3 Å². The number of esters is 1. The Kier molecular flexibility index (Phi) is 4.83. The molecule has 2 saturated carbocycles. The molecule has 2 rings (SSSR count). The summed E-state index contributed by atoms with van der Waals surface area (Å²) >= 11 is 0. The third-order valence-corrected chi connectivity index (χ3v) is 6.12. The number of alkyl halides is 8. The second kappa shape index (κ2) is 5.99.